The van der Waals surface area contributed by atoms with Crippen molar-refractivity contribution in [1.82, 2.24) is 0 Å². The number of hydrogen-bond donors (Lipinski definition) is 0. The van der Waals surface area contributed by atoms with Crippen LogP contribution in [0.3, 0.4) is 0 Å². The van der Waals surface area contributed by atoms with Gasteiger partial charge in [-0.1, -0.05) is 6.07 Å². The third kappa shape index (κ3) is 1.58. The molecule has 68 valence electrons. The van der Waals surface area contributed by atoms with Crippen LogP contribution in [0.4, 0.5) is 4.39 Å². The van der Waals surface area contributed by atoms with Gasteiger partial charge < -0.3 is 4.74 Å². The molecule has 0 amide bonds. The molecule has 1 aromatic carbocycles. The molecule has 1 aliphatic heterocycles. The summed E-state index contributed by atoms with van der Waals surface area (Å²) in [5, 5.41) is 0. The van der Waals surface area contributed by atoms with Crippen molar-refractivity contribution in [2.24, 2.45) is 4.99 Å². The maximum absolute atomic E-state index is 13.4. The molecule has 1 heterocycles. The molecule has 1 aliphatic rings. The molecule has 2 rings (SSSR count). The fraction of sp³-hybridized carbons (Fsp3) is 0.222. The third-order valence-corrected chi connectivity index (χ3v) is 2.38. The van der Waals surface area contributed by atoms with Crippen LogP contribution >= 0.6 is 15.9 Å². The molecule has 0 aliphatic carbocycles. The summed E-state index contributed by atoms with van der Waals surface area (Å²) in [6, 6.07) is 5.06. The van der Waals surface area contributed by atoms with Gasteiger partial charge in [-0.25, -0.2) is 9.38 Å². The molecule has 0 fully saturated rings. The highest BCUT2D eigenvalue weighted by atomic mass is 79.9. The minimum Gasteiger partial charge on any atom is -0.475 e. The van der Waals surface area contributed by atoms with Crippen LogP contribution in [0.15, 0.2) is 27.7 Å². The van der Waals surface area contributed by atoms with Gasteiger partial charge in [0, 0.05) is 0 Å². The molecule has 0 N–H and O–H groups in total. The van der Waals surface area contributed by atoms with Gasteiger partial charge >= 0.3 is 0 Å². The Morgan fingerprint density at radius 1 is 1.46 bits per heavy atom. The SMILES string of the molecule is Fc1c(Br)cccc1C1=NCCO1. The molecule has 1 aromatic rings. The van der Waals surface area contributed by atoms with Crippen molar-refractivity contribution >= 4 is 21.8 Å². The molecular weight excluding hydrogens is 237 g/mol. The zero-order chi connectivity index (χ0) is 9.26. The lowest BCUT2D eigenvalue weighted by molar-refractivity contribution is 0.347. The molecule has 13 heavy (non-hydrogen) atoms. The van der Waals surface area contributed by atoms with Gasteiger partial charge in [-0.05, 0) is 28.1 Å². The van der Waals surface area contributed by atoms with Gasteiger partial charge in [0.25, 0.3) is 0 Å². The highest BCUT2D eigenvalue weighted by Gasteiger charge is 2.15. The summed E-state index contributed by atoms with van der Waals surface area (Å²) >= 11 is 3.11. The number of aliphatic imine (C=N–C) groups is 1. The highest BCUT2D eigenvalue weighted by molar-refractivity contribution is 9.10. The van der Waals surface area contributed by atoms with Crippen LogP contribution in [0, 0.1) is 5.82 Å². The van der Waals surface area contributed by atoms with E-state index in [1.165, 1.54) is 0 Å². The normalized spacial score (nSPS) is 15.4. The second-order valence-corrected chi connectivity index (χ2v) is 3.49. The molecule has 0 unspecified atom stereocenters. The van der Waals surface area contributed by atoms with Crippen LogP contribution in [0.25, 0.3) is 0 Å². The average molecular weight is 244 g/mol. The molecule has 0 spiro atoms. The molecule has 0 saturated carbocycles. The standard InChI is InChI=1S/C9H7BrFNO/c10-7-3-1-2-6(8(7)11)9-12-4-5-13-9/h1-3H,4-5H2. The van der Waals surface area contributed by atoms with Crippen molar-refractivity contribution in [2.45, 2.75) is 0 Å². The second kappa shape index (κ2) is 3.46. The van der Waals surface area contributed by atoms with Crippen LogP contribution < -0.4 is 0 Å². The zero-order valence-corrected chi connectivity index (χ0v) is 8.34. The van der Waals surface area contributed by atoms with Crippen molar-refractivity contribution in [3.63, 3.8) is 0 Å². The number of nitrogens with zero attached hydrogens (tertiary/aromatic N) is 1. The van der Waals surface area contributed by atoms with Crippen LogP contribution in [0.5, 0.6) is 0 Å². The monoisotopic (exact) mass is 243 g/mol. The zero-order valence-electron chi connectivity index (χ0n) is 6.76. The maximum Gasteiger partial charge on any atom is 0.219 e. The van der Waals surface area contributed by atoms with E-state index in [2.05, 4.69) is 20.9 Å². The van der Waals surface area contributed by atoms with E-state index < -0.39 is 0 Å². The van der Waals surface area contributed by atoms with Crippen molar-refractivity contribution in [1.29, 1.82) is 0 Å². The summed E-state index contributed by atoms with van der Waals surface area (Å²) in [6.45, 7) is 1.16. The Hall–Kier alpha value is -0.900. The van der Waals surface area contributed by atoms with Crippen molar-refractivity contribution < 1.29 is 9.13 Å². The summed E-state index contributed by atoms with van der Waals surface area (Å²) in [5.74, 6) is 0.0851. The van der Waals surface area contributed by atoms with Gasteiger partial charge in [0.15, 0.2) is 0 Å². The molecule has 0 atom stereocenters. The maximum atomic E-state index is 13.4. The second-order valence-electron chi connectivity index (χ2n) is 2.64. The summed E-state index contributed by atoms with van der Waals surface area (Å²) in [7, 11) is 0. The first-order valence-electron chi connectivity index (χ1n) is 3.90. The molecule has 0 saturated heterocycles. The lowest BCUT2D eigenvalue weighted by Gasteiger charge is -2.03. The average Bonchev–Trinajstić information content (AvgIpc) is 2.62. The van der Waals surface area contributed by atoms with Gasteiger partial charge in [0.05, 0.1) is 16.6 Å². The highest BCUT2D eigenvalue weighted by Crippen LogP contribution is 2.20. The van der Waals surface area contributed by atoms with E-state index >= 15 is 0 Å². The van der Waals surface area contributed by atoms with Crippen molar-refractivity contribution in [3.05, 3.63) is 34.1 Å². The van der Waals surface area contributed by atoms with E-state index in [0.717, 1.165) is 0 Å². The summed E-state index contributed by atoms with van der Waals surface area (Å²) in [5.41, 5.74) is 0.423. The number of halogens is 2. The smallest absolute Gasteiger partial charge is 0.219 e. The third-order valence-electron chi connectivity index (χ3n) is 1.77. The van der Waals surface area contributed by atoms with Gasteiger partial charge in [0.2, 0.25) is 5.90 Å². The van der Waals surface area contributed by atoms with E-state index in [-0.39, 0.29) is 5.82 Å². The largest absolute Gasteiger partial charge is 0.475 e. The Morgan fingerprint density at radius 2 is 2.31 bits per heavy atom. The van der Waals surface area contributed by atoms with Gasteiger partial charge in [-0.3, -0.25) is 0 Å². The van der Waals surface area contributed by atoms with Crippen molar-refractivity contribution in [2.75, 3.05) is 13.2 Å². The topological polar surface area (TPSA) is 21.6 Å². The van der Waals surface area contributed by atoms with Crippen LogP contribution in [-0.2, 0) is 4.74 Å². The molecule has 4 heteroatoms. The molecule has 2 nitrogen and oxygen atoms in total. The van der Waals surface area contributed by atoms with Gasteiger partial charge in [-0.15, -0.1) is 0 Å². The minimum absolute atomic E-state index is 0.317. The fourth-order valence-electron chi connectivity index (χ4n) is 1.17. The molecule has 0 bridgehead atoms. The Morgan fingerprint density at radius 3 is 3.00 bits per heavy atom. The number of ether oxygens (including phenoxy) is 1. The molecular formula is C9H7BrFNO. The van der Waals surface area contributed by atoms with E-state index in [1.807, 2.05) is 0 Å². The lowest BCUT2D eigenvalue weighted by atomic mass is 10.2. The minimum atomic E-state index is -0.317. The Kier molecular flexibility index (Phi) is 2.31. The Labute approximate surface area is 83.6 Å². The van der Waals surface area contributed by atoms with Crippen molar-refractivity contribution in [3.8, 4) is 0 Å². The molecule has 0 aromatic heterocycles. The number of hydrogen-bond acceptors (Lipinski definition) is 2. The van der Waals surface area contributed by atoms with Gasteiger partial charge in [-0.2, -0.15) is 0 Å². The number of benzene rings is 1. The van der Waals surface area contributed by atoms with Gasteiger partial charge in [0.1, 0.15) is 12.4 Å². The predicted molar refractivity (Wildman–Crippen MR) is 51.5 cm³/mol. The Bertz CT molecular complexity index is 365. The Balaban J connectivity index is 2.45. The summed E-state index contributed by atoms with van der Waals surface area (Å²) in [4.78, 5) is 4.04. The van der Waals surface area contributed by atoms with Crippen LogP contribution in [0.2, 0.25) is 0 Å². The summed E-state index contributed by atoms with van der Waals surface area (Å²) < 4.78 is 19.0. The van der Waals surface area contributed by atoms with E-state index in [0.29, 0.717) is 29.1 Å². The van der Waals surface area contributed by atoms with E-state index in [1.54, 1.807) is 18.2 Å². The molecule has 0 radical (unpaired) electrons. The lowest BCUT2D eigenvalue weighted by Crippen LogP contribution is -2.04. The van der Waals surface area contributed by atoms with E-state index in [4.69, 9.17) is 4.74 Å². The van der Waals surface area contributed by atoms with Crippen LogP contribution in [-0.4, -0.2) is 19.0 Å². The first kappa shape index (κ1) is 8.69. The van der Waals surface area contributed by atoms with E-state index in [9.17, 15) is 4.39 Å². The summed E-state index contributed by atoms with van der Waals surface area (Å²) in [6.07, 6.45) is 0. The fourth-order valence-corrected chi connectivity index (χ4v) is 1.53. The van der Waals surface area contributed by atoms with Crippen LogP contribution in [0.1, 0.15) is 5.56 Å². The first-order valence-corrected chi connectivity index (χ1v) is 4.70. The first-order chi connectivity index (χ1) is 6.29. The predicted octanol–water partition coefficient (Wildman–Crippen LogP) is 2.37. The number of rotatable bonds is 1. The quantitative estimate of drug-likeness (QED) is 0.743.